The van der Waals surface area contributed by atoms with Crippen LogP contribution in [0.1, 0.15) is 11.1 Å². The van der Waals surface area contributed by atoms with Crippen molar-refractivity contribution in [3.63, 3.8) is 0 Å². The zero-order valence-electron chi connectivity index (χ0n) is 7.94. The van der Waals surface area contributed by atoms with E-state index in [0.717, 1.165) is 11.1 Å². The molecule has 0 saturated carbocycles. The Bertz CT molecular complexity index is 312. The van der Waals surface area contributed by atoms with Gasteiger partial charge in [0.1, 0.15) is 0 Å². The van der Waals surface area contributed by atoms with Crippen molar-refractivity contribution in [2.45, 2.75) is 18.6 Å². The molecule has 0 fully saturated rings. The molecule has 0 aliphatic carbocycles. The molecule has 84 valence electrons. The van der Waals surface area contributed by atoms with Crippen LogP contribution >= 0.6 is 11.6 Å². The molecule has 0 spiro atoms. The first-order chi connectivity index (χ1) is 7.01. The van der Waals surface area contributed by atoms with E-state index < -0.39 is 12.7 Å². The second-order valence-corrected chi connectivity index (χ2v) is 3.44. The van der Waals surface area contributed by atoms with E-state index in [0.29, 0.717) is 5.88 Å². The van der Waals surface area contributed by atoms with Crippen molar-refractivity contribution in [1.82, 2.24) is 5.32 Å². The first-order valence-corrected chi connectivity index (χ1v) is 4.96. The molecule has 0 saturated heterocycles. The van der Waals surface area contributed by atoms with Gasteiger partial charge in [0, 0.05) is 12.4 Å². The second-order valence-electron chi connectivity index (χ2n) is 3.17. The Morgan fingerprint density at radius 1 is 1.20 bits per heavy atom. The minimum Gasteiger partial charge on any atom is -0.305 e. The summed E-state index contributed by atoms with van der Waals surface area (Å²) in [4.78, 5) is 0. The van der Waals surface area contributed by atoms with Crippen molar-refractivity contribution in [3.05, 3.63) is 35.4 Å². The summed E-state index contributed by atoms with van der Waals surface area (Å²) in [7, 11) is 0. The Labute approximate surface area is 91.2 Å². The smallest absolute Gasteiger partial charge is 0.305 e. The lowest BCUT2D eigenvalue weighted by molar-refractivity contribution is -0.125. The zero-order chi connectivity index (χ0) is 11.3. The highest BCUT2D eigenvalue weighted by molar-refractivity contribution is 6.17. The predicted molar refractivity (Wildman–Crippen MR) is 53.8 cm³/mol. The summed E-state index contributed by atoms with van der Waals surface area (Å²) in [6.07, 6.45) is -4.16. The van der Waals surface area contributed by atoms with E-state index in [-0.39, 0.29) is 6.54 Å². The molecule has 0 aliphatic rings. The van der Waals surface area contributed by atoms with Crippen LogP contribution in [0.5, 0.6) is 0 Å². The van der Waals surface area contributed by atoms with Crippen molar-refractivity contribution in [2.75, 3.05) is 6.54 Å². The van der Waals surface area contributed by atoms with E-state index in [9.17, 15) is 13.2 Å². The summed E-state index contributed by atoms with van der Waals surface area (Å²) in [5.41, 5.74) is 1.71. The Balaban J connectivity index is 2.44. The van der Waals surface area contributed by atoms with Crippen molar-refractivity contribution >= 4 is 11.6 Å². The third-order valence-corrected chi connectivity index (χ3v) is 2.11. The van der Waals surface area contributed by atoms with Gasteiger partial charge in [-0.25, -0.2) is 0 Å². The topological polar surface area (TPSA) is 12.0 Å². The Kier molecular flexibility index (Phi) is 4.42. The van der Waals surface area contributed by atoms with Gasteiger partial charge < -0.3 is 5.32 Å². The van der Waals surface area contributed by atoms with Crippen LogP contribution in [-0.2, 0) is 12.4 Å². The van der Waals surface area contributed by atoms with E-state index in [2.05, 4.69) is 5.32 Å². The molecule has 1 aromatic rings. The van der Waals surface area contributed by atoms with Crippen LogP contribution in [0.3, 0.4) is 0 Å². The van der Waals surface area contributed by atoms with Gasteiger partial charge in [0.25, 0.3) is 0 Å². The lowest BCUT2D eigenvalue weighted by Gasteiger charge is -2.08. The van der Waals surface area contributed by atoms with Crippen molar-refractivity contribution in [1.29, 1.82) is 0 Å². The van der Waals surface area contributed by atoms with E-state index in [1.54, 1.807) is 18.2 Å². The van der Waals surface area contributed by atoms with Crippen LogP contribution in [0.4, 0.5) is 13.2 Å². The molecule has 15 heavy (non-hydrogen) atoms. The van der Waals surface area contributed by atoms with Crippen molar-refractivity contribution < 1.29 is 13.2 Å². The number of nitrogens with one attached hydrogen (secondary N) is 1. The monoisotopic (exact) mass is 237 g/mol. The summed E-state index contributed by atoms with van der Waals surface area (Å²) < 4.78 is 35.5. The van der Waals surface area contributed by atoms with Gasteiger partial charge >= 0.3 is 6.18 Å². The van der Waals surface area contributed by atoms with Crippen molar-refractivity contribution in [2.24, 2.45) is 0 Å². The maximum Gasteiger partial charge on any atom is 0.401 e. The van der Waals surface area contributed by atoms with E-state index in [1.165, 1.54) is 0 Å². The highest BCUT2D eigenvalue weighted by Gasteiger charge is 2.25. The molecule has 0 aliphatic heterocycles. The van der Waals surface area contributed by atoms with Gasteiger partial charge in [-0.15, -0.1) is 11.6 Å². The van der Waals surface area contributed by atoms with E-state index in [4.69, 9.17) is 11.6 Å². The SMILES string of the molecule is FC(F)(F)CNCc1cccc(CCl)c1. The molecule has 5 heteroatoms. The molecular weight excluding hydrogens is 227 g/mol. The number of hydrogen-bond acceptors (Lipinski definition) is 1. The first-order valence-electron chi connectivity index (χ1n) is 4.42. The van der Waals surface area contributed by atoms with E-state index in [1.807, 2.05) is 6.07 Å². The molecule has 0 atom stereocenters. The quantitative estimate of drug-likeness (QED) is 0.794. The summed E-state index contributed by atoms with van der Waals surface area (Å²) in [5.74, 6) is 0.368. The second kappa shape index (κ2) is 5.37. The average Bonchev–Trinajstić information content (AvgIpc) is 2.16. The van der Waals surface area contributed by atoms with Crippen LogP contribution < -0.4 is 5.32 Å². The molecule has 0 aromatic heterocycles. The average molecular weight is 238 g/mol. The van der Waals surface area contributed by atoms with Crippen LogP contribution in [-0.4, -0.2) is 12.7 Å². The summed E-state index contributed by atoms with van der Waals surface area (Å²) in [5, 5.41) is 2.32. The number of benzene rings is 1. The number of hydrogen-bond donors (Lipinski definition) is 1. The molecule has 0 bridgehead atoms. The third-order valence-electron chi connectivity index (χ3n) is 1.80. The van der Waals surface area contributed by atoms with Gasteiger partial charge in [0.15, 0.2) is 0 Å². The van der Waals surface area contributed by atoms with Gasteiger partial charge in [-0.3, -0.25) is 0 Å². The highest BCUT2D eigenvalue weighted by atomic mass is 35.5. The van der Waals surface area contributed by atoms with Crippen LogP contribution in [0, 0.1) is 0 Å². The first kappa shape index (κ1) is 12.3. The van der Waals surface area contributed by atoms with Crippen LogP contribution in [0.25, 0.3) is 0 Å². The van der Waals surface area contributed by atoms with Crippen molar-refractivity contribution in [3.8, 4) is 0 Å². The normalized spacial score (nSPS) is 11.7. The standard InChI is InChI=1S/C10H11ClF3N/c11-5-8-2-1-3-9(4-8)6-15-7-10(12,13)14/h1-4,15H,5-7H2. The maximum absolute atomic E-state index is 11.8. The summed E-state index contributed by atoms with van der Waals surface area (Å²) >= 11 is 5.61. The summed E-state index contributed by atoms with van der Waals surface area (Å²) in [6, 6.07) is 7.17. The fourth-order valence-corrected chi connectivity index (χ4v) is 1.34. The fourth-order valence-electron chi connectivity index (χ4n) is 1.17. The molecule has 1 aromatic carbocycles. The molecular formula is C10H11ClF3N. The van der Waals surface area contributed by atoms with Gasteiger partial charge in [-0.2, -0.15) is 13.2 Å². The lowest BCUT2D eigenvalue weighted by Crippen LogP contribution is -2.28. The largest absolute Gasteiger partial charge is 0.401 e. The maximum atomic E-state index is 11.8. The highest BCUT2D eigenvalue weighted by Crippen LogP contribution is 2.13. The Morgan fingerprint density at radius 2 is 1.87 bits per heavy atom. The minimum absolute atomic E-state index is 0.199. The zero-order valence-corrected chi connectivity index (χ0v) is 8.70. The molecule has 0 radical (unpaired) electrons. The predicted octanol–water partition coefficient (Wildman–Crippen LogP) is 3.08. The number of rotatable bonds is 4. The van der Waals surface area contributed by atoms with Gasteiger partial charge in [-0.1, -0.05) is 24.3 Å². The third kappa shape index (κ3) is 5.04. The van der Waals surface area contributed by atoms with Gasteiger partial charge in [0.2, 0.25) is 0 Å². The molecule has 1 N–H and O–H groups in total. The number of halogens is 4. The fraction of sp³-hybridized carbons (Fsp3) is 0.400. The Morgan fingerprint density at radius 3 is 2.47 bits per heavy atom. The molecule has 0 heterocycles. The molecule has 1 nitrogen and oxygen atoms in total. The molecule has 0 amide bonds. The van der Waals surface area contributed by atoms with Crippen LogP contribution in [0.15, 0.2) is 24.3 Å². The lowest BCUT2D eigenvalue weighted by atomic mass is 10.1. The van der Waals surface area contributed by atoms with Gasteiger partial charge in [-0.05, 0) is 11.1 Å². The number of alkyl halides is 4. The van der Waals surface area contributed by atoms with Crippen LogP contribution in [0.2, 0.25) is 0 Å². The molecule has 0 unspecified atom stereocenters. The molecule has 1 rings (SSSR count). The Hall–Kier alpha value is -0.740. The minimum atomic E-state index is -4.16. The summed E-state index contributed by atoms with van der Waals surface area (Å²) in [6.45, 7) is -0.775. The van der Waals surface area contributed by atoms with Gasteiger partial charge in [0.05, 0.1) is 6.54 Å². The van der Waals surface area contributed by atoms with E-state index >= 15 is 0 Å².